The number of aromatic nitrogens is 1. The lowest BCUT2D eigenvalue weighted by atomic mass is 10.2. The van der Waals surface area contributed by atoms with Gasteiger partial charge in [0, 0.05) is 17.9 Å². The zero-order chi connectivity index (χ0) is 16.7. The molecule has 1 unspecified atom stereocenters. The van der Waals surface area contributed by atoms with Gasteiger partial charge >= 0.3 is 0 Å². The van der Waals surface area contributed by atoms with Crippen molar-refractivity contribution in [2.24, 2.45) is 0 Å². The van der Waals surface area contributed by atoms with Crippen molar-refractivity contribution in [3.63, 3.8) is 0 Å². The number of carbonyl (C=O) groups excluding carboxylic acids is 1. The third-order valence-electron chi connectivity index (χ3n) is 3.16. The average Bonchev–Trinajstić information content (AvgIpc) is 3.06. The molecule has 0 aliphatic rings. The molecule has 1 heterocycles. The fourth-order valence-corrected chi connectivity index (χ4v) is 2.63. The van der Waals surface area contributed by atoms with Gasteiger partial charge in [-0.3, -0.25) is 4.79 Å². The summed E-state index contributed by atoms with van der Waals surface area (Å²) in [5.74, 6) is 1.96. The quantitative estimate of drug-likeness (QED) is 0.752. The first-order chi connectivity index (χ1) is 11.1. The van der Waals surface area contributed by atoms with Crippen molar-refractivity contribution in [1.82, 2.24) is 10.3 Å². The van der Waals surface area contributed by atoms with Crippen LogP contribution >= 0.6 is 11.8 Å². The number of hydrogen-bond donors (Lipinski definition) is 1. The maximum absolute atomic E-state index is 11.8. The molecule has 0 bridgehead atoms. The van der Waals surface area contributed by atoms with E-state index in [0.29, 0.717) is 18.2 Å². The Bertz CT molecular complexity index is 652. The average molecular weight is 332 g/mol. The van der Waals surface area contributed by atoms with Crippen LogP contribution in [0.2, 0.25) is 0 Å². The Morgan fingerprint density at radius 1 is 1.48 bits per heavy atom. The number of ether oxygens (including phenoxy) is 1. The molecule has 122 valence electrons. The lowest BCUT2D eigenvalue weighted by molar-refractivity contribution is -0.120. The Labute approximate surface area is 140 Å². The van der Waals surface area contributed by atoms with Crippen molar-refractivity contribution in [2.75, 3.05) is 13.7 Å². The summed E-state index contributed by atoms with van der Waals surface area (Å²) in [6, 6.07) is 7.51. The van der Waals surface area contributed by atoms with Crippen molar-refractivity contribution < 1.29 is 13.9 Å². The van der Waals surface area contributed by atoms with Gasteiger partial charge in [-0.15, -0.1) is 18.3 Å². The van der Waals surface area contributed by atoms with Gasteiger partial charge in [0.25, 0.3) is 0 Å². The Balaban J connectivity index is 1.91. The van der Waals surface area contributed by atoms with Crippen LogP contribution in [0, 0.1) is 0 Å². The van der Waals surface area contributed by atoms with E-state index in [-0.39, 0.29) is 11.2 Å². The first-order valence-electron chi connectivity index (χ1n) is 7.23. The minimum absolute atomic E-state index is 0.00577. The molecule has 0 fully saturated rings. The molecule has 0 spiro atoms. The van der Waals surface area contributed by atoms with Crippen molar-refractivity contribution in [3.05, 3.63) is 48.9 Å². The Morgan fingerprint density at radius 3 is 2.87 bits per heavy atom. The predicted octanol–water partition coefficient (Wildman–Crippen LogP) is 3.27. The molecule has 1 amide bonds. The van der Waals surface area contributed by atoms with Crippen LogP contribution in [0.5, 0.6) is 5.75 Å². The number of rotatable bonds is 8. The van der Waals surface area contributed by atoms with E-state index in [2.05, 4.69) is 16.9 Å². The number of nitrogens with zero attached hydrogens (tertiary/aromatic N) is 1. The summed E-state index contributed by atoms with van der Waals surface area (Å²) >= 11 is 1.51. The zero-order valence-electron chi connectivity index (χ0n) is 13.2. The van der Waals surface area contributed by atoms with Crippen LogP contribution in [0.25, 0.3) is 11.5 Å². The number of nitrogens with one attached hydrogen (secondary N) is 1. The fourth-order valence-electron chi connectivity index (χ4n) is 1.84. The third kappa shape index (κ3) is 4.89. The number of hydrogen-bond acceptors (Lipinski definition) is 5. The Kier molecular flexibility index (Phi) is 6.29. The van der Waals surface area contributed by atoms with Gasteiger partial charge in [-0.1, -0.05) is 6.08 Å². The van der Waals surface area contributed by atoms with E-state index in [9.17, 15) is 4.79 Å². The first kappa shape index (κ1) is 17.1. The molecule has 1 aromatic carbocycles. The van der Waals surface area contributed by atoms with Crippen LogP contribution < -0.4 is 10.1 Å². The van der Waals surface area contributed by atoms with Crippen LogP contribution in [0.1, 0.15) is 12.6 Å². The van der Waals surface area contributed by atoms with Crippen LogP contribution in [-0.2, 0) is 10.5 Å². The van der Waals surface area contributed by atoms with E-state index < -0.39 is 0 Å². The number of benzene rings is 1. The largest absolute Gasteiger partial charge is 0.497 e. The van der Waals surface area contributed by atoms with Gasteiger partial charge in [0.15, 0.2) is 0 Å². The van der Waals surface area contributed by atoms with Crippen molar-refractivity contribution in [2.45, 2.75) is 17.9 Å². The molecule has 0 saturated heterocycles. The van der Waals surface area contributed by atoms with Gasteiger partial charge in [0.05, 0.1) is 18.1 Å². The van der Waals surface area contributed by atoms with Gasteiger partial charge in [-0.25, -0.2) is 4.98 Å². The monoisotopic (exact) mass is 332 g/mol. The van der Waals surface area contributed by atoms with Gasteiger partial charge < -0.3 is 14.5 Å². The highest BCUT2D eigenvalue weighted by Crippen LogP contribution is 2.24. The van der Waals surface area contributed by atoms with Crippen LogP contribution in [0.4, 0.5) is 0 Å². The second kappa shape index (κ2) is 8.43. The molecular formula is C17H20N2O3S. The number of thioether (sulfide) groups is 1. The molecule has 2 rings (SSSR count). The van der Waals surface area contributed by atoms with E-state index in [1.165, 1.54) is 11.8 Å². The van der Waals surface area contributed by atoms with E-state index in [4.69, 9.17) is 9.15 Å². The highest BCUT2D eigenvalue weighted by Gasteiger charge is 2.14. The topological polar surface area (TPSA) is 64.4 Å². The maximum atomic E-state index is 11.8. The lowest BCUT2D eigenvalue weighted by Gasteiger charge is -2.09. The Hall–Kier alpha value is -2.21. The molecular weight excluding hydrogens is 312 g/mol. The highest BCUT2D eigenvalue weighted by atomic mass is 32.2. The summed E-state index contributed by atoms with van der Waals surface area (Å²) in [4.78, 5) is 16.2. The predicted molar refractivity (Wildman–Crippen MR) is 92.5 cm³/mol. The van der Waals surface area contributed by atoms with Gasteiger partial charge in [-0.2, -0.15) is 0 Å². The van der Waals surface area contributed by atoms with E-state index >= 15 is 0 Å². The van der Waals surface area contributed by atoms with Crippen molar-refractivity contribution in [1.29, 1.82) is 0 Å². The number of methoxy groups -OCH3 is 1. The summed E-state index contributed by atoms with van der Waals surface area (Å²) in [6.45, 7) is 5.93. The molecule has 1 N–H and O–H groups in total. The van der Waals surface area contributed by atoms with Gasteiger partial charge in [-0.05, 0) is 31.2 Å². The smallest absolute Gasteiger partial charge is 0.233 e. The van der Waals surface area contributed by atoms with Gasteiger partial charge in [0.1, 0.15) is 12.0 Å². The molecule has 1 aromatic heterocycles. The molecule has 1 atom stereocenters. The Morgan fingerprint density at radius 2 is 2.22 bits per heavy atom. The lowest BCUT2D eigenvalue weighted by Crippen LogP contribution is -2.30. The number of amides is 1. The summed E-state index contributed by atoms with van der Waals surface area (Å²) < 4.78 is 10.6. The minimum atomic E-state index is -0.156. The molecule has 0 aliphatic carbocycles. The minimum Gasteiger partial charge on any atom is -0.497 e. The van der Waals surface area contributed by atoms with Gasteiger partial charge in [0.2, 0.25) is 11.8 Å². The second-order valence-corrected chi connectivity index (χ2v) is 6.19. The maximum Gasteiger partial charge on any atom is 0.233 e. The normalized spacial score (nSPS) is 11.7. The standard InChI is InChI=1S/C17H20N2O3S/c1-4-9-18-16(20)12(2)23-11-14-10-22-17(19-14)13-5-7-15(21-3)8-6-13/h4-8,10,12H,1,9,11H2,2-3H3,(H,18,20). The molecule has 0 radical (unpaired) electrons. The number of oxazole rings is 1. The van der Waals surface area contributed by atoms with E-state index in [1.807, 2.05) is 31.2 Å². The van der Waals surface area contributed by atoms with Crippen LogP contribution in [0.15, 0.2) is 47.6 Å². The van der Waals surface area contributed by atoms with Crippen LogP contribution in [0.3, 0.4) is 0 Å². The molecule has 5 nitrogen and oxygen atoms in total. The summed E-state index contributed by atoms with van der Waals surface area (Å²) in [6.07, 6.45) is 3.29. The van der Waals surface area contributed by atoms with Crippen molar-refractivity contribution in [3.8, 4) is 17.2 Å². The first-order valence-corrected chi connectivity index (χ1v) is 8.28. The van der Waals surface area contributed by atoms with E-state index in [1.54, 1.807) is 19.4 Å². The summed E-state index contributed by atoms with van der Waals surface area (Å²) in [5.41, 5.74) is 1.70. The molecule has 23 heavy (non-hydrogen) atoms. The molecule has 0 aliphatic heterocycles. The van der Waals surface area contributed by atoms with Crippen molar-refractivity contribution >= 4 is 17.7 Å². The number of carbonyl (C=O) groups is 1. The van der Waals surface area contributed by atoms with E-state index in [0.717, 1.165) is 17.0 Å². The molecule has 6 heteroatoms. The summed E-state index contributed by atoms with van der Waals surface area (Å²) in [5, 5.41) is 2.62. The second-order valence-electron chi connectivity index (χ2n) is 4.86. The fraction of sp³-hybridized carbons (Fsp3) is 0.294. The van der Waals surface area contributed by atoms with Crippen LogP contribution in [-0.4, -0.2) is 29.8 Å². The summed E-state index contributed by atoms with van der Waals surface area (Å²) in [7, 11) is 1.63. The highest BCUT2D eigenvalue weighted by molar-refractivity contribution is 7.99. The molecule has 2 aromatic rings. The zero-order valence-corrected chi connectivity index (χ0v) is 14.1. The third-order valence-corrected chi connectivity index (χ3v) is 4.34. The SMILES string of the molecule is C=CCNC(=O)C(C)SCc1coc(-c2ccc(OC)cc2)n1. The molecule has 0 saturated carbocycles.